The summed E-state index contributed by atoms with van der Waals surface area (Å²) in [5.74, 6) is -0.716. The van der Waals surface area contributed by atoms with Crippen LogP contribution in [0.15, 0.2) is 12.1 Å². The van der Waals surface area contributed by atoms with Gasteiger partial charge in [0.2, 0.25) is 0 Å². The molecule has 1 aromatic carbocycles. The van der Waals surface area contributed by atoms with Crippen LogP contribution in [-0.2, 0) is 0 Å². The van der Waals surface area contributed by atoms with Crippen molar-refractivity contribution in [3.8, 4) is 5.75 Å². The minimum atomic E-state index is -0.515. The molecule has 2 aliphatic rings. The van der Waals surface area contributed by atoms with Gasteiger partial charge in [-0.05, 0) is 38.8 Å². The molecule has 0 unspecified atom stereocenters. The lowest BCUT2D eigenvalue weighted by Crippen LogP contribution is -2.67. The number of anilines is 1. The van der Waals surface area contributed by atoms with Crippen molar-refractivity contribution in [2.75, 3.05) is 11.4 Å². The van der Waals surface area contributed by atoms with Crippen molar-refractivity contribution in [3.05, 3.63) is 23.0 Å². The summed E-state index contributed by atoms with van der Waals surface area (Å²) in [6, 6.07) is 3.80. The number of nitrogens with zero attached hydrogens (tertiary/aromatic N) is 1. The Balaban J connectivity index is 2.00. The Kier molecular flexibility index (Phi) is 3.78. The second-order valence-corrected chi connectivity index (χ2v) is 7.22. The summed E-state index contributed by atoms with van der Waals surface area (Å²) in [6.07, 6.45) is 4.58. The molecule has 3 nitrogen and oxygen atoms in total. The highest BCUT2D eigenvalue weighted by molar-refractivity contribution is 6.32. The van der Waals surface area contributed by atoms with E-state index in [2.05, 4.69) is 24.1 Å². The molecular weight excluding hydrogens is 291 g/mol. The van der Waals surface area contributed by atoms with Gasteiger partial charge < -0.3 is 15.3 Å². The van der Waals surface area contributed by atoms with Gasteiger partial charge in [0.1, 0.15) is 10.8 Å². The van der Waals surface area contributed by atoms with Gasteiger partial charge in [-0.25, -0.2) is 4.39 Å². The molecule has 5 heteroatoms. The van der Waals surface area contributed by atoms with E-state index in [1.165, 1.54) is 18.9 Å². The molecule has 21 heavy (non-hydrogen) atoms. The first kappa shape index (κ1) is 14.9. The summed E-state index contributed by atoms with van der Waals surface area (Å²) >= 11 is 5.88. The topological polar surface area (TPSA) is 35.5 Å². The monoisotopic (exact) mass is 312 g/mol. The van der Waals surface area contributed by atoms with Crippen LogP contribution in [0.1, 0.15) is 39.5 Å². The van der Waals surface area contributed by atoms with Gasteiger partial charge in [0, 0.05) is 24.2 Å². The zero-order chi connectivity index (χ0) is 15.2. The lowest BCUT2D eigenvalue weighted by Gasteiger charge is -2.52. The van der Waals surface area contributed by atoms with E-state index in [9.17, 15) is 9.50 Å². The molecule has 3 rings (SSSR count). The van der Waals surface area contributed by atoms with Crippen LogP contribution in [0.4, 0.5) is 10.1 Å². The molecule has 0 aromatic heterocycles. The Bertz CT molecular complexity index is 549. The summed E-state index contributed by atoms with van der Waals surface area (Å²) in [5.41, 5.74) is 0.430. The van der Waals surface area contributed by atoms with Gasteiger partial charge in [-0.2, -0.15) is 0 Å². The fourth-order valence-electron chi connectivity index (χ4n) is 3.76. The lowest BCUT2D eigenvalue weighted by atomic mass is 9.83. The quantitative estimate of drug-likeness (QED) is 0.830. The molecule has 1 saturated carbocycles. The second-order valence-electron chi connectivity index (χ2n) is 6.85. The highest BCUT2D eigenvalue weighted by Gasteiger charge is 2.41. The normalized spacial score (nSPS) is 28.3. The van der Waals surface area contributed by atoms with Crippen LogP contribution in [0.5, 0.6) is 5.75 Å². The highest BCUT2D eigenvalue weighted by atomic mass is 35.5. The summed E-state index contributed by atoms with van der Waals surface area (Å²) in [7, 11) is 0. The number of phenols is 1. The van der Waals surface area contributed by atoms with Gasteiger partial charge in [0.05, 0.1) is 5.69 Å². The van der Waals surface area contributed by atoms with Crippen molar-refractivity contribution in [2.24, 2.45) is 0 Å². The van der Waals surface area contributed by atoms with E-state index in [1.807, 2.05) is 0 Å². The smallest absolute Gasteiger partial charge is 0.168 e. The third-order valence-corrected chi connectivity index (χ3v) is 4.98. The maximum absolute atomic E-state index is 14.5. The summed E-state index contributed by atoms with van der Waals surface area (Å²) in [4.78, 5) is 2.14. The number of halogens is 2. The van der Waals surface area contributed by atoms with E-state index in [0.29, 0.717) is 17.8 Å². The number of phenolic OH excluding ortho intramolecular Hbond substituents is 1. The standard InChI is InChI=1S/C16H22ClFN2O/c1-16(2)9-20(11-6-4-3-5-10(11)19-16)12-7-8-13(21)14(17)15(12)18/h7-8,10-11,19,21H,3-6,9H2,1-2H3/t10-,11+/m1/s1. The van der Waals surface area contributed by atoms with E-state index in [4.69, 9.17) is 11.6 Å². The number of hydrogen-bond acceptors (Lipinski definition) is 3. The number of fused-ring (bicyclic) bond motifs is 1. The van der Waals surface area contributed by atoms with Gasteiger partial charge in [0.15, 0.2) is 5.82 Å². The van der Waals surface area contributed by atoms with Gasteiger partial charge >= 0.3 is 0 Å². The maximum atomic E-state index is 14.5. The van der Waals surface area contributed by atoms with Crippen molar-refractivity contribution >= 4 is 17.3 Å². The molecule has 2 atom stereocenters. The number of aromatic hydroxyl groups is 1. The molecule has 0 spiro atoms. The average Bonchev–Trinajstić information content (AvgIpc) is 2.43. The summed E-state index contributed by atoms with van der Waals surface area (Å²) in [5, 5.41) is 13.1. The van der Waals surface area contributed by atoms with Gasteiger partial charge in [-0.3, -0.25) is 0 Å². The third kappa shape index (κ3) is 2.71. The van der Waals surface area contributed by atoms with Crippen LogP contribution in [0.25, 0.3) is 0 Å². The lowest BCUT2D eigenvalue weighted by molar-refractivity contribution is 0.198. The van der Waals surface area contributed by atoms with Crippen LogP contribution < -0.4 is 10.2 Å². The predicted octanol–water partition coefficient (Wildman–Crippen LogP) is 3.68. The minimum absolute atomic E-state index is 0.0741. The summed E-state index contributed by atoms with van der Waals surface area (Å²) in [6.45, 7) is 5.02. The van der Waals surface area contributed by atoms with Crippen molar-refractivity contribution in [3.63, 3.8) is 0 Å². The Hall–Kier alpha value is -1.00. The minimum Gasteiger partial charge on any atom is -0.506 e. The van der Waals surface area contributed by atoms with Gasteiger partial charge in [-0.1, -0.05) is 24.4 Å². The van der Waals surface area contributed by atoms with Crippen molar-refractivity contribution < 1.29 is 9.50 Å². The molecule has 1 heterocycles. The molecule has 116 valence electrons. The fraction of sp³-hybridized carbons (Fsp3) is 0.625. The number of rotatable bonds is 1. The SMILES string of the molecule is CC1(C)CN(c2ccc(O)c(Cl)c2F)[C@H]2CCCC[C@H]2N1. The predicted molar refractivity (Wildman–Crippen MR) is 83.7 cm³/mol. The van der Waals surface area contributed by atoms with Crippen LogP contribution in [0, 0.1) is 5.82 Å². The first-order valence-corrected chi connectivity index (χ1v) is 7.98. The molecule has 2 fully saturated rings. The Morgan fingerprint density at radius 1 is 1.33 bits per heavy atom. The van der Waals surface area contributed by atoms with Crippen molar-refractivity contribution in [1.29, 1.82) is 0 Å². The molecule has 1 saturated heterocycles. The average molecular weight is 313 g/mol. The number of piperazine rings is 1. The Morgan fingerprint density at radius 3 is 2.81 bits per heavy atom. The van der Waals surface area contributed by atoms with E-state index in [-0.39, 0.29) is 16.3 Å². The van der Waals surface area contributed by atoms with E-state index in [0.717, 1.165) is 19.4 Å². The molecule has 1 aliphatic heterocycles. The number of benzene rings is 1. The third-order valence-electron chi connectivity index (χ3n) is 4.62. The first-order chi connectivity index (χ1) is 9.89. The second kappa shape index (κ2) is 5.33. The fourth-order valence-corrected chi connectivity index (χ4v) is 3.92. The molecule has 2 N–H and O–H groups in total. The molecular formula is C16H22ClFN2O. The van der Waals surface area contributed by atoms with Gasteiger partial charge in [-0.15, -0.1) is 0 Å². The zero-order valence-corrected chi connectivity index (χ0v) is 13.3. The molecule has 0 bridgehead atoms. The zero-order valence-electron chi connectivity index (χ0n) is 12.5. The number of nitrogens with one attached hydrogen (secondary N) is 1. The Labute approximate surface area is 130 Å². The molecule has 0 radical (unpaired) electrons. The largest absolute Gasteiger partial charge is 0.506 e. The van der Waals surface area contributed by atoms with E-state index in [1.54, 1.807) is 6.07 Å². The summed E-state index contributed by atoms with van der Waals surface area (Å²) < 4.78 is 14.5. The van der Waals surface area contributed by atoms with Crippen molar-refractivity contribution in [1.82, 2.24) is 5.32 Å². The van der Waals surface area contributed by atoms with Gasteiger partial charge in [0.25, 0.3) is 0 Å². The highest BCUT2D eigenvalue weighted by Crippen LogP contribution is 2.38. The Morgan fingerprint density at radius 2 is 2.05 bits per heavy atom. The van der Waals surface area contributed by atoms with Crippen LogP contribution in [-0.4, -0.2) is 29.3 Å². The molecule has 1 aromatic rings. The molecule has 1 aliphatic carbocycles. The maximum Gasteiger partial charge on any atom is 0.168 e. The van der Waals surface area contributed by atoms with Crippen LogP contribution in [0.3, 0.4) is 0 Å². The first-order valence-electron chi connectivity index (χ1n) is 7.60. The van der Waals surface area contributed by atoms with E-state index < -0.39 is 5.82 Å². The van der Waals surface area contributed by atoms with Crippen LogP contribution in [0.2, 0.25) is 5.02 Å². The van der Waals surface area contributed by atoms with Crippen molar-refractivity contribution in [2.45, 2.75) is 57.2 Å². The number of hydrogen-bond donors (Lipinski definition) is 2. The van der Waals surface area contributed by atoms with E-state index >= 15 is 0 Å². The molecule has 0 amide bonds. The van der Waals surface area contributed by atoms with Crippen LogP contribution >= 0.6 is 11.6 Å².